The number of fused-ring (bicyclic) bond motifs is 14. The number of H-pyrrole nitrogens is 2. The lowest BCUT2D eigenvalue weighted by Gasteiger charge is -2.19. The predicted molar refractivity (Wildman–Crippen MR) is 460 cm³/mol. The van der Waals surface area contributed by atoms with Gasteiger partial charge in [-0.3, -0.25) is 0 Å². The molecule has 0 atom stereocenters. The molecule has 0 aliphatic carbocycles. The lowest BCUT2D eigenvalue weighted by molar-refractivity contribution is 0.528. The number of hydrogen-bond acceptors (Lipinski definition) is 2. The minimum atomic E-state index is -0.0281. The number of nitrogens with one attached hydrogen (secondary N) is 2. The van der Waals surface area contributed by atoms with Gasteiger partial charge >= 0.3 is 0 Å². The lowest BCUT2D eigenvalue weighted by Crippen LogP contribution is -2.10. The number of hydrogen-bond donors (Lipinski definition) is 2. The number of terminal acetylenes is 2. The fourth-order valence-electron chi connectivity index (χ4n) is 16.8. The van der Waals surface area contributed by atoms with E-state index in [1.165, 1.54) is 222 Å². The summed E-state index contributed by atoms with van der Waals surface area (Å²) in [6, 6.07) is 54.6. The Morgan fingerprint density at radius 2 is 0.557 bits per heavy atom. The van der Waals surface area contributed by atoms with Crippen LogP contribution in [0.3, 0.4) is 0 Å². The van der Waals surface area contributed by atoms with Crippen molar-refractivity contribution in [3.8, 4) is 69.2 Å². The Morgan fingerprint density at radius 1 is 0.302 bits per heavy atom. The second-order valence-electron chi connectivity index (χ2n) is 32.9. The normalized spacial score (nSPS) is 12.4. The van der Waals surface area contributed by atoms with Gasteiger partial charge in [0.25, 0.3) is 0 Å². The van der Waals surface area contributed by atoms with E-state index in [9.17, 15) is 0 Å². The van der Waals surface area contributed by atoms with Crippen molar-refractivity contribution >= 4 is 90.0 Å². The molecular weight excluding hydrogens is 1290 g/mol. The molecule has 0 amide bonds. The first-order valence-electron chi connectivity index (χ1n) is 41.2. The molecule has 2 aliphatic rings. The average Bonchev–Trinajstić information content (AvgIpc) is 1.60. The highest BCUT2D eigenvalue weighted by atomic mass is 15.0. The summed E-state index contributed by atoms with van der Waals surface area (Å²) in [4.78, 5) is 19.8. The van der Waals surface area contributed by atoms with Crippen molar-refractivity contribution in [1.29, 1.82) is 0 Å². The fourth-order valence-corrected chi connectivity index (χ4v) is 16.8. The molecule has 0 unspecified atom stereocenters. The monoisotopic (exact) mass is 1400 g/mol. The van der Waals surface area contributed by atoms with Crippen LogP contribution in [0.2, 0.25) is 0 Å². The molecule has 2 aliphatic heterocycles. The van der Waals surface area contributed by atoms with Gasteiger partial charge in [-0.15, -0.1) is 12.8 Å². The Morgan fingerprint density at radius 3 is 0.840 bits per heavy atom. The Kier molecular flexibility index (Phi) is 24.7. The zero-order chi connectivity index (χ0) is 73.6. The van der Waals surface area contributed by atoms with Crippen LogP contribution in [-0.4, -0.2) is 29.1 Å². The first-order valence-corrected chi connectivity index (χ1v) is 41.2. The number of nitrogens with zero attached hydrogens (tertiary/aromatic N) is 4. The van der Waals surface area contributed by atoms with Crippen LogP contribution in [0.25, 0.3) is 134 Å². The Hall–Kier alpha value is -9.36. The third kappa shape index (κ3) is 17.4. The van der Waals surface area contributed by atoms with Crippen LogP contribution in [0.4, 0.5) is 0 Å². The van der Waals surface area contributed by atoms with Gasteiger partial charge in [0.05, 0.1) is 22.8 Å². The van der Waals surface area contributed by atoms with Gasteiger partial charge in [0.15, 0.2) is 0 Å². The molecule has 11 aromatic rings. The number of rotatable bonds is 34. The van der Waals surface area contributed by atoms with Crippen LogP contribution in [0.5, 0.6) is 0 Å². The van der Waals surface area contributed by atoms with E-state index in [1.807, 2.05) is 0 Å². The molecule has 2 N–H and O–H groups in total. The molecule has 0 fully saturated rings. The molecular formula is C100H116N6. The van der Waals surface area contributed by atoms with E-state index in [0.29, 0.717) is 0 Å². The summed E-state index contributed by atoms with van der Waals surface area (Å²) >= 11 is 0. The molecule has 5 aromatic heterocycles. The molecule has 546 valence electrons. The number of benzene rings is 6. The Labute approximate surface area is 634 Å². The average molecular weight is 1400 g/mol. The lowest BCUT2D eigenvalue weighted by atomic mass is 9.86. The molecule has 6 nitrogen and oxygen atoms in total. The maximum Gasteiger partial charge on any atom is 0.0737 e. The second-order valence-corrected chi connectivity index (χ2v) is 32.9. The summed E-state index contributed by atoms with van der Waals surface area (Å²) in [5.41, 5.74) is 24.9. The first kappa shape index (κ1) is 74.9. The van der Waals surface area contributed by atoms with E-state index in [0.717, 1.165) is 126 Å². The highest BCUT2D eigenvalue weighted by Gasteiger charge is 2.24. The van der Waals surface area contributed by atoms with Gasteiger partial charge in [-0.2, -0.15) is 0 Å². The van der Waals surface area contributed by atoms with Gasteiger partial charge in [-0.25, -0.2) is 9.97 Å². The SMILES string of the molecule is C#Cc1ccc2c(c1)c1cc(-c3c4nc(c(-c5ccc(C(C)(C)C)cc5)c5ccc([nH]5)c(-c5ccc6c(c5)c5cc(C#C)ccc5n6CCCCCCCCCCCCCCCC)c5nc(c(-c6ccc(C(C)(C)C)cc6)c6ccc3[nH]6)C=C5)C=C4)ccc1n2CCCCCCCCCCCCCCCC. The Bertz CT molecular complexity index is 4870. The van der Waals surface area contributed by atoms with Gasteiger partial charge in [-0.05, 0) is 166 Å². The van der Waals surface area contributed by atoms with E-state index in [-0.39, 0.29) is 10.8 Å². The second kappa shape index (κ2) is 34.9. The zero-order valence-electron chi connectivity index (χ0n) is 65.3. The summed E-state index contributed by atoms with van der Waals surface area (Å²) in [5, 5.41) is 4.73. The predicted octanol–water partition coefficient (Wildman–Crippen LogP) is 29.1. The summed E-state index contributed by atoms with van der Waals surface area (Å²) < 4.78 is 5.10. The van der Waals surface area contributed by atoms with E-state index in [2.05, 4.69) is 256 Å². The molecule has 0 spiro atoms. The topological polar surface area (TPSA) is 67.2 Å². The van der Waals surface area contributed by atoms with E-state index < -0.39 is 0 Å². The van der Waals surface area contributed by atoms with Gasteiger partial charge < -0.3 is 19.1 Å². The summed E-state index contributed by atoms with van der Waals surface area (Å²) in [6.07, 6.45) is 58.8. The van der Waals surface area contributed by atoms with Crippen LogP contribution in [-0.2, 0) is 23.9 Å². The number of aromatic nitrogens is 6. The van der Waals surface area contributed by atoms with Crippen molar-refractivity contribution in [1.82, 2.24) is 29.1 Å². The van der Waals surface area contributed by atoms with Crippen molar-refractivity contribution < 1.29 is 0 Å². The fraction of sp³-hybridized carbons (Fsp3) is 0.400. The first-order chi connectivity index (χ1) is 51.7. The highest BCUT2D eigenvalue weighted by molar-refractivity contribution is 6.12. The number of aryl methyl sites for hydroxylation is 2. The quantitative estimate of drug-likeness (QED) is 0.0312. The molecule has 106 heavy (non-hydrogen) atoms. The van der Waals surface area contributed by atoms with Crippen molar-refractivity contribution in [3.05, 3.63) is 191 Å². The van der Waals surface area contributed by atoms with Gasteiger partial charge in [0, 0.05) is 112 Å². The molecule has 13 rings (SSSR count). The van der Waals surface area contributed by atoms with Crippen LogP contribution in [0, 0.1) is 24.7 Å². The summed E-state index contributed by atoms with van der Waals surface area (Å²) in [6.45, 7) is 20.2. The number of aromatic amines is 2. The molecule has 6 heteroatoms. The van der Waals surface area contributed by atoms with Gasteiger partial charge in [0.1, 0.15) is 0 Å². The van der Waals surface area contributed by atoms with E-state index >= 15 is 0 Å². The summed E-state index contributed by atoms with van der Waals surface area (Å²) in [7, 11) is 0. The smallest absolute Gasteiger partial charge is 0.0737 e. The van der Waals surface area contributed by atoms with E-state index in [1.54, 1.807) is 0 Å². The van der Waals surface area contributed by atoms with Crippen LogP contribution in [0.1, 0.15) is 280 Å². The molecule has 7 heterocycles. The third-order valence-electron chi connectivity index (χ3n) is 22.9. The standard InChI is InChI=1S/C100H116N6/c1-11-15-17-19-21-23-25-27-29-31-33-35-37-39-65-105-91-61-41-71(13-3)67-79(91)81-69-75(47-63-93(81)105)97-87-57-53-83(101-87)95(73-43-49-77(50-44-73)99(5,6)7)85-55-59-89(103-85)98(90-60-56-86(104-90)96(84-54-58-88(97)102-84)74-45-51-78(52-46-74)100(8,9)10)76-48-64-94-82(70-76)80-68-72(14-4)42-62-92(80)106(94)66-40-38-36-34-32-30-28-26-24-22-20-18-16-12-2/h3-4,41-64,67-70,101,104H,11-12,15-40,65-66H2,1-2,5-10H3. The maximum absolute atomic E-state index is 6.22. The molecule has 0 radical (unpaired) electrons. The number of unbranched alkanes of at least 4 members (excludes halogenated alkanes) is 26. The Balaban J connectivity index is 0.918. The molecule has 6 aromatic carbocycles. The minimum absolute atomic E-state index is 0.0281. The highest BCUT2D eigenvalue weighted by Crippen LogP contribution is 2.43. The minimum Gasteiger partial charge on any atom is -0.354 e. The molecule has 0 saturated heterocycles. The van der Waals surface area contributed by atoms with Gasteiger partial charge in [0.2, 0.25) is 0 Å². The molecule has 8 bridgehead atoms. The van der Waals surface area contributed by atoms with Crippen LogP contribution < -0.4 is 0 Å². The van der Waals surface area contributed by atoms with Crippen LogP contribution >= 0.6 is 0 Å². The van der Waals surface area contributed by atoms with Crippen molar-refractivity contribution in [2.24, 2.45) is 0 Å². The summed E-state index contributed by atoms with van der Waals surface area (Å²) in [5.74, 6) is 5.96. The van der Waals surface area contributed by atoms with Crippen molar-refractivity contribution in [2.45, 2.75) is 259 Å². The van der Waals surface area contributed by atoms with Crippen molar-refractivity contribution in [2.75, 3.05) is 0 Å². The zero-order valence-corrected chi connectivity index (χ0v) is 65.3. The van der Waals surface area contributed by atoms with Crippen LogP contribution in [0.15, 0.2) is 146 Å². The largest absolute Gasteiger partial charge is 0.354 e. The van der Waals surface area contributed by atoms with E-state index in [4.69, 9.17) is 22.8 Å². The molecule has 0 saturated carbocycles. The van der Waals surface area contributed by atoms with Gasteiger partial charge in [-0.1, -0.05) is 295 Å². The van der Waals surface area contributed by atoms with Crippen molar-refractivity contribution in [3.63, 3.8) is 0 Å². The maximum atomic E-state index is 6.22. The third-order valence-corrected chi connectivity index (χ3v) is 22.9.